The second-order valence-corrected chi connectivity index (χ2v) is 4.79. The van der Waals surface area contributed by atoms with Gasteiger partial charge in [-0.1, -0.05) is 0 Å². The molecule has 15 heavy (non-hydrogen) atoms. The lowest BCUT2D eigenvalue weighted by Crippen LogP contribution is -2.11. The van der Waals surface area contributed by atoms with Gasteiger partial charge in [-0.2, -0.15) is 5.10 Å². The van der Waals surface area contributed by atoms with E-state index in [0.29, 0.717) is 0 Å². The van der Waals surface area contributed by atoms with E-state index in [-0.39, 0.29) is 0 Å². The molecule has 2 heterocycles. The van der Waals surface area contributed by atoms with Crippen LogP contribution in [0.4, 0.5) is 0 Å². The molecular formula is C10H14N4S. The zero-order valence-corrected chi connectivity index (χ0v) is 9.71. The van der Waals surface area contributed by atoms with Gasteiger partial charge in [-0.25, -0.2) is 4.98 Å². The monoisotopic (exact) mass is 222 g/mol. The maximum Gasteiger partial charge on any atom is 0.0897 e. The maximum atomic E-state index is 4.21. The number of aromatic nitrogens is 3. The Bertz CT molecular complexity index is 392. The van der Waals surface area contributed by atoms with Gasteiger partial charge in [-0.3, -0.25) is 4.68 Å². The number of aryl methyl sites for hydroxylation is 2. The fourth-order valence-corrected chi connectivity index (χ4v) is 2.14. The molecular weight excluding hydrogens is 208 g/mol. The number of hydrogen-bond acceptors (Lipinski definition) is 4. The molecule has 0 unspecified atom stereocenters. The molecule has 80 valence electrons. The largest absolute Gasteiger partial charge is 0.308 e. The molecule has 1 N–H and O–H groups in total. The highest BCUT2D eigenvalue weighted by Crippen LogP contribution is 2.10. The van der Waals surface area contributed by atoms with Crippen molar-refractivity contribution >= 4 is 11.3 Å². The molecule has 4 nitrogen and oxygen atoms in total. The number of rotatable bonds is 4. The third-order valence-electron chi connectivity index (χ3n) is 2.06. The van der Waals surface area contributed by atoms with Crippen LogP contribution in [0.3, 0.4) is 0 Å². The van der Waals surface area contributed by atoms with Crippen LogP contribution in [0.25, 0.3) is 0 Å². The van der Waals surface area contributed by atoms with Crippen LogP contribution in [-0.2, 0) is 20.1 Å². The van der Waals surface area contributed by atoms with Gasteiger partial charge < -0.3 is 5.32 Å². The van der Waals surface area contributed by atoms with Crippen LogP contribution in [0.1, 0.15) is 15.4 Å². The van der Waals surface area contributed by atoms with Gasteiger partial charge in [0.05, 0.1) is 11.2 Å². The zero-order valence-electron chi connectivity index (χ0n) is 8.90. The average molecular weight is 222 g/mol. The lowest BCUT2D eigenvalue weighted by molar-refractivity contribution is 0.698. The summed E-state index contributed by atoms with van der Waals surface area (Å²) >= 11 is 1.73. The van der Waals surface area contributed by atoms with Crippen LogP contribution >= 0.6 is 11.3 Å². The van der Waals surface area contributed by atoms with Gasteiger partial charge in [0.15, 0.2) is 0 Å². The lowest BCUT2D eigenvalue weighted by atomic mass is 10.3. The van der Waals surface area contributed by atoms with E-state index in [0.717, 1.165) is 18.1 Å². The molecule has 5 heteroatoms. The van der Waals surface area contributed by atoms with Crippen LogP contribution in [0.5, 0.6) is 0 Å². The molecule has 2 rings (SSSR count). The molecule has 2 aromatic rings. The first-order chi connectivity index (χ1) is 7.24. The van der Waals surface area contributed by atoms with Crippen molar-refractivity contribution in [2.24, 2.45) is 7.05 Å². The molecule has 0 radical (unpaired) electrons. The molecule has 0 aliphatic rings. The summed E-state index contributed by atoms with van der Waals surface area (Å²) in [6.45, 7) is 3.75. The Morgan fingerprint density at radius 2 is 2.27 bits per heavy atom. The van der Waals surface area contributed by atoms with Gasteiger partial charge in [0.25, 0.3) is 0 Å². The first-order valence-electron chi connectivity index (χ1n) is 4.83. The van der Waals surface area contributed by atoms with E-state index in [1.54, 1.807) is 11.3 Å². The topological polar surface area (TPSA) is 42.7 Å². The van der Waals surface area contributed by atoms with E-state index >= 15 is 0 Å². The highest BCUT2D eigenvalue weighted by atomic mass is 32.1. The molecule has 0 bridgehead atoms. The maximum absolute atomic E-state index is 4.21. The fourth-order valence-electron chi connectivity index (χ4n) is 1.38. The third kappa shape index (κ3) is 2.87. The molecule has 2 aromatic heterocycles. The summed E-state index contributed by atoms with van der Waals surface area (Å²) < 4.78 is 1.81. The SMILES string of the molecule is Cc1ncc(CNCc2cnn(C)c2)s1. The van der Waals surface area contributed by atoms with Crippen molar-refractivity contribution in [3.8, 4) is 0 Å². The van der Waals surface area contributed by atoms with Crippen molar-refractivity contribution < 1.29 is 0 Å². The summed E-state index contributed by atoms with van der Waals surface area (Å²) in [6.07, 6.45) is 5.83. The van der Waals surface area contributed by atoms with Gasteiger partial charge >= 0.3 is 0 Å². The molecule has 0 spiro atoms. The summed E-state index contributed by atoms with van der Waals surface area (Å²) in [7, 11) is 1.93. The Labute approximate surface area is 93.0 Å². The zero-order chi connectivity index (χ0) is 10.7. The predicted molar refractivity (Wildman–Crippen MR) is 60.6 cm³/mol. The van der Waals surface area contributed by atoms with Crippen molar-refractivity contribution in [2.75, 3.05) is 0 Å². The number of nitrogens with zero attached hydrogens (tertiary/aromatic N) is 3. The van der Waals surface area contributed by atoms with Gasteiger partial charge in [0.2, 0.25) is 0 Å². The fraction of sp³-hybridized carbons (Fsp3) is 0.400. The minimum atomic E-state index is 0.852. The summed E-state index contributed by atoms with van der Waals surface area (Å²) in [4.78, 5) is 5.48. The molecule has 0 aliphatic carbocycles. The summed E-state index contributed by atoms with van der Waals surface area (Å²) in [5.41, 5.74) is 1.21. The van der Waals surface area contributed by atoms with Crippen molar-refractivity contribution in [1.29, 1.82) is 0 Å². The second-order valence-electron chi connectivity index (χ2n) is 3.47. The van der Waals surface area contributed by atoms with Gasteiger partial charge in [-0.05, 0) is 6.92 Å². The first kappa shape index (κ1) is 10.3. The Balaban J connectivity index is 1.80. The molecule has 0 saturated heterocycles. The van der Waals surface area contributed by atoms with E-state index < -0.39 is 0 Å². The quantitative estimate of drug-likeness (QED) is 0.852. The minimum Gasteiger partial charge on any atom is -0.308 e. The smallest absolute Gasteiger partial charge is 0.0897 e. The Morgan fingerprint density at radius 1 is 1.40 bits per heavy atom. The summed E-state index contributed by atoms with van der Waals surface area (Å²) in [6, 6.07) is 0. The number of hydrogen-bond donors (Lipinski definition) is 1. The van der Waals surface area contributed by atoms with E-state index in [1.807, 2.05) is 37.2 Å². The Kier molecular flexibility index (Phi) is 3.13. The number of nitrogens with one attached hydrogen (secondary N) is 1. The summed E-state index contributed by atoms with van der Waals surface area (Å²) in [5.74, 6) is 0. The normalized spacial score (nSPS) is 10.8. The summed E-state index contributed by atoms with van der Waals surface area (Å²) in [5, 5.41) is 8.59. The highest BCUT2D eigenvalue weighted by Gasteiger charge is 1.98. The van der Waals surface area contributed by atoms with Crippen molar-refractivity contribution in [3.63, 3.8) is 0 Å². The van der Waals surface area contributed by atoms with E-state index in [4.69, 9.17) is 0 Å². The average Bonchev–Trinajstić information content (AvgIpc) is 2.76. The Morgan fingerprint density at radius 3 is 2.87 bits per heavy atom. The van der Waals surface area contributed by atoms with Crippen molar-refractivity contribution in [3.05, 3.63) is 34.0 Å². The molecule has 0 aromatic carbocycles. The van der Waals surface area contributed by atoms with Gasteiger partial charge in [0, 0.05) is 43.0 Å². The second kappa shape index (κ2) is 4.55. The number of thiazole rings is 1. The van der Waals surface area contributed by atoms with Crippen LogP contribution in [-0.4, -0.2) is 14.8 Å². The predicted octanol–water partition coefficient (Wildman–Crippen LogP) is 1.47. The van der Waals surface area contributed by atoms with Crippen LogP contribution < -0.4 is 5.32 Å². The van der Waals surface area contributed by atoms with Crippen LogP contribution in [0.2, 0.25) is 0 Å². The molecule has 0 atom stereocenters. The van der Waals surface area contributed by atoms with E-state index in [2.05, 4.69) is 15.4 Å². The van der Waals surface area contributed by atoms with Crippen LogP contribution in [0.15, 0.2) is 18.6 Å². The Hall–Kier alpha value is -1.20. The molecule has 0 fully saturated rings. The van der Waals surface area contributed by atoms with E-state index in [1.165, 1.54) is 10.4 Å². The minimum absolute atomic E-state index is 0.852. The van der Waals surface area contributed by atoms with Crippen molar-refractivity contribution in [1.82, 2.24) is 20.1 Å². The molecule has 0 aliphatic heterocycles. The molecule has 0 saturated carbocycles. The first-order valence-corrected chi connectivity index (χ1v) is 5.65. The van der Waals surface area contributed by atoms with Crippen molar-refractivity contribution in [2.45, 2.75) is 20.0 Å². The highest BCUT2D eigenvalue weighted by molar-refractivity contribution is 7.11. The van der Waals surface area contributed by atoms with Gasteiger partial charge in [0.1, 0.15) is 0 Å². The lowest BCUT2D eigenvalue weighted by Gasteiger charge is -1.99. The van der Waals surface area contributed by atoms with Gasteiger partial charge in [-0.15, -0.1) is 11.3 Å². The standard InChI is InChI=1S/C10H14N4S/c1-8-12-6-10(15-8)5-11-3-9-4-13-14(2)7-9/h4,6-7,11H,3,5H2,1-2H3. The van der Waals surface area contributed by atoms with Crippen LogP contribution in [0, 0.1) is 6.92 Å². The third-order valence-corrected chi connectivity index (χ3v) is 2.97. The molecule has 0 amide bonds. The van der Waals surface area contributed by atoms with E-state index in [9.17, 15) is 0 Å².